The van der Waals surface area contributed by atoms with Crippen LogP contribution in [0.4, 0.5) is 10.6 Å². The quantitative estimate of drug-likeness (QED) is 0.519. The molecule has 2 aromatic carbocycles. The predicted octanol–water partition coefficient (Wildman–Crippen LogP) is 3.10. The van der Waals surface area contributed by atoms with E-state index in [-0.39, 0.29) is 37.0 Å². The highest BCUT2D eigenvalue weighted by Crippen LogP contribution is 2.44. The van der Waals surface area contributed by atoms with Gasteiger partial charge in [-0.2, -0.15) is 0 Å². The average molecular weight is 473 g/mol. The van der Waals surface area contributed by atoms with E-state index in [2.05, 4.69) is 22.4 Å². The molecule has 2 amide bonds. The molecule has 0 radical (unpaired) electrons. The van der Waals surface area contributed by atoms with Crippen LogP contribution in [0.2, 0.25) is 0 Å². The Morgan fingerprint density at radius 1 is 0.971 bits per heavy atom. The number of nitrogens with zero attached hydrogens (tertiary/aromatic N) is 2. The van der Waals surface area contributed by atoms with Crippen LogP contribution in [0.3, 0.4) is 0 Å². The molecule has 2 heterocycles. The normalized spacial score (nSPS) is 18.6. The van der Waals surface area contributed by atoms with Gasteiger partial charge in [-0.1, -0.05) is 54.6 Å². The SMILES string of the molecule is O=C(Nc1cccc(C(=O)N2C[C@@H](O)C[C@H]2C(=O)O)n1)OCC1c2ccccc2-c2ccccc21. The van der Waals surface area contributed by atoms with Crippen molar-refractivity contribution in [2.45, 2.75) is 24.5 Å². The summed E-state index contributed by atoms with van der Waals surface area (Å²) in [6, 6.07) is 19.4. The summed E-state index contributed by atoms with van der Waals surface area (Å²) >= 11 is 0. The zero-order valence-electron chi connectivity index (χ0n) is 18.6. The Hall–Kier alpha value is -4.24. The summed E-state index contributed by atoms with van der Waals surface area (Å²) in [5, 5.41) is 21.7. The molecule has 0 bridgehead atoms. The minimum absolute atomic E-state index is 0.0400. The van der Waals surface area contributed by atoms with Gasteiger partial charge >= 0.3 is 12.1 Å². The molecule has 1 aromatic heterocycles. The Balaban J connectivity index is 1.26. The van der Waals surface area contributed by atoms with E-state index in [4.69, 9.17) is 4.74 Å². The molecule has 9 heteroatoms. The first-order chi connectivity index (χ1) is 16.9. The molecule has 3 aromatic rings. The van der Waals surface area contributed by atoms with Gasteiger partial charge in [0.05, 0.1) is 6.10 Å². The third kappa shape index (κ3) is 4.33. The largest absolute Gasteiger partial charge is 0.480 e. The van der Waals surface area contributed by atoms with Crippen molar-refractivity contribution >= 4 is 23.8 Å². The molecule has 2 atom stereocenters. The average Bonchev–Trinajstić information content (AvgIpc) is 3.41. The number of aliphatic carboxylic acids is 1. The van der Waals surface area contributed by atoms with E-state index in [1.54, 1.807) is 0 Å². The van der Waals surface area contributed by atoms with Crippen LogP contribution >= 0.6 is 0 Å². The number of hydrogen-bond donors (Lipinski definition) is 3. The van der Waals surface area contributed by atoms with E-state index in [9.17, 15) is 24.6 Å². The number of β-amino-alcohol motifs (C(OH)–C–C–N with tert-alkyl or cyclic N) is 1. The number of hydrogen-bond acceptors (Lipinski definition) is 6. The first kappa shape index (κ1) is 22.5. The van der Waals surface area contributed by atoms with Crippen LogP contribution in [0, 0.1) is 0 Å². The lowest BCUT2D eigenvalue weighted by atomic mass is 9.98. The number of aromatic nitrogens is 1. The fourth-order valence-corrected chi connectivity index (χ4v) is 4.78. The highest BCUT2D eigenvalue weighted by atomic mass is 16.5. The third-order valence-electron chi connectivity index (χ3n) is 6.37. The van der Waals surface area contributed by atoms with Crippen molar-refractivity contribution < 1.29 is 29.3 Å². The lowest BCUT2D eigenvalue weighted by molar-refractivity contribution is -0.141. The van der Waals surface area contributed by atoms with Crippen molar-refractivity contribution in [2.75, 3.05) is 18.5 Å². The topological polar surface area (TPSA) is 129 Å². The number of nitrogens with one attached hydrogen (secondary N) is 1. The molecule has 9 nitrogen and oxygen atoms in total. The van der Waals surface area contributed by atoms with Crippen molar-refractivity contribution in [1.82, 2.24) is 9.88 Å². The summed E-state index contributed by atoms with van der Waals surface area (Å²) in [7, 11) is 0. The second-order valence-corrected chi connectivity index (χ2v) is 8.56. The van der Waals surface area contributed by atoms with Gasteiger partial charge in [0.1, 0.15) is 24.2 Å². The second kappa shape index (κ2) is 9.19. The number of aliphatic hydroxyl groups excluding tert-OH is 1. The Bertz CT molecular complexity index is 1260. The van der Waals surface area contributed by atoms with E-state index in [0.717, 1.165) is 27.2 Å². The highest BCUT2D eigenvalue weighted by molar-refractivity contribution is 5.96. The van der Waals surface area contributed by atoms with Crippen LogP contribution in [0.25, 0.3) is 11.1 Å². The molecular formula is C26H23N3O6. The van der Waals surface area contributed by atoms with Crippen molar-refractivity contribution in [3.8, 4) is 11.1 Å². The number of aliphatic hydroxyl groups is 1. The summed E-state index contributed by atoms with van der Waals surface area (Å²) in [6.07, 6.45) is -1.68. The number of carboxylic acids is 1. The lowest BCUT2D eigenvalue weighted by Crippen LogP contribution is -2.41. The highest BCUT2D eigenvalue weighted by Gasteiger charge is 2.39. The second-order valence-electron chi connectivity index (χ2n) is 8.56. The number of benzene rings is 2. The summed E-state index contributed by atoms with van der Waals surface area (Å²) in [4.78, 5) is 42.0. The van der Waals surface area contributed by atoms with Gasteiger partial charge in [-0.25, -0.2) is 14.6 Å². The molecule has 178 valence electrons. The summed E-state index contributed by atoms with van der Waals surface area (Å²) in [6.45, 7) is 0.0337. The molecule has 35 heavy (non-hydrogen) atoms. The molecule has 1 aliphatic heterocycles. The molecule has 3 N–H and O–H groups in total. The van der Waals surface area contributed by atoms with Gasteiger partial charge in [-0.3, -0.25) is 10.1 Å². The van der Waals surface area contributed by atoms with Crippen molar-refractivity contribution in [3.05, 3.63) is 83.6 Å². The number of carbonyl (C=O) groups is 3. The van der Waals surface area contributed by atoms with Gasteiger partial charge in [-0.05, 0) is 34.4 Å². The molecule has 5 rings (SSSR count). The Morgan fingerprint density at radius 2 is 1.63 bits per heavy atom. The minimum Gasteiger partial charge on any atom is -0.480 e. The first-order valence-corrected chi connectivity index (χ1v) is 11.2. The maximum absolute atomic E-state index is 12.8. The van der Waals surface area contributed by atoms with Crippen molar-refractivity contribution in [1.29, 1.82) is 0 Å². The van der Waals surface area contributed by atoms with Gasteiger partial charge in [-0.15, -0.1) is 0 Å². The van der Waals surface area contributed by atoms with Crippen LogP contribution in [0.1, 0.15) is 34.0 Å². The van der Waals surface area contributed by atoms with E-state index in [1.165, 1.54) is 18.2 Å². The van der Waals surface area contributed by atoms with Gasteiger partial charge in [0, 0.05) is 18.9 Å². The number of likely N-dealkylation sites (tertiary alicyclic amines) is 1. The number of amides is 2. The zero-order valence-corrected chi connectivity index (χ0v) is 18.6. The molecule has 0 unspecified atom stereocenters. The molecule has 1 saturated heterocycles. The van der Waals surface area contributed by atoms with Crippen LogP contribution in [-0.2, 0) is 9.53 Å². The molecule has 1 fully saturated rings. The predicted molar refractivity (Wildman–Crippen MR) is 126 cm³/mol. The molecule has 1 aliphatic carbocycles. The Kier molecular flexibility index (Phi) is 5.92. The fourth-order valence-electron chi connectivity index (χ4n) is 4.78. The maximum atomic E-state index is 12.8. The number of ether oxygens (including phenoxy) is 1. The first-order valence-electron chi connectivity index (χ1n) is 11.2. The lowest BCUT2D eigenvalue weighted by Gasteiger charge is -2.20. The van der Waals surface area contributed by atoms with Gasteiger partial charge < -0.3 is 19.8 Å². The summed E-state index contributed by atoms with van der Waals surface area (Å²) in [5.41, 5.74) is 4.39. The van der Waals surface area contributed by atoms with Crippen LogP contribution in [0.5, 0.6) is 0 Å². The van der Waals surface area contributed by atoms with Gasteiger partial charge in [0.2, 0.25) is 0 Å². The number of pyridine rings is 1. The van der Waals surface area contributed by atoms with E-state index < -0.39 is 30.1 Å². The molecule has 2 aliphatic rings. The smallest absolute Gasteiger partial charge is 0.412 e. The number of carbonyl (C=O) groups excluding carboxylic acids is 2. The van der Waals surface area contributed by atoms with Gasteiger partial charge in [0.25, 0.3) is 5.91 Å². The van der Waals surface area contributed by atoms with Crippen LogP contribution < -0.4 is 5.32 Å². The Morgan fingerprint density at radius 3 is 2.29 bits per heavy atom. The maximum Gasteiger partial charge on any atom is 0.412 e. The fraction of sp³-hybridized carbons (Fsp3) is 0.231. The number of rotatable bonds is 5. The van der Waals surface area contributed by atoms with Crippen LogP contribution in [0.15, 0.2) is 66.7 Å². The minimum atomic E-state index is -1.19. The van der Waals surface area contributed by atoms with E-state index in [1.807, 2.05) is 36.4 Å². The van der Waals surface area contributed by atoms with Crippen molar-refractivity contribution in [3.63, 3.8) is 0 Å². The summed E-state index contributed by atoms with van der Waals surface area (Å²) < 4.78 is 5.51. The van der Waals surface area contributed by atoms with Crippen LogP contribution in [-0.4, -0.2) is 63.4 Å². The van der Waals surface area contributed by atoms with E-state index >= 15 is 0 Å². The Labute approximate surface area is 201 Å². The molecular weight excluding hydrogens is 450 g/mol. The van der Waals surface area contributed by atoms with Crippen molar-refractivity contribution in [2.24, 2.45) is 0 Å². The zero-order chi connectivity index (χ0) is 24.5. The number of fused-ring (bicyclic) bond motifs is 3. The molecule has 0 saturated carbocycles. The number of carboxylic acid groups (broad SMARTS) is 1. The van der Waals surface area contributed by atoms with E-state index in [0.29, 0.717) is 0 Å². The standard InChI is InChI=1S/C26H23N3O6/c30-15-12-22(25(32)33)29(13-15)24(31)21-10-5-11-23(27-21)28-26(34)35-14-20-18-8-3-1-6-16(18)17-7-2-4-9-19(17)20/h1-11,15,20,22,30H,12-14H2,(H,32,33)(H,27,28,34)/t15-,22-/m0/s1. The summed E-state index contributed by atoms with van der Waals surface area (Å²) in [5.74, 6) is -1.82. The third-order valence-corrected chi connectivity index (χ3v) is 6.37. The molecule has 0 spiro atoms. The number of anilines is 1. The monoisotopic (exact) mass is 473 g/mol. The van der Waals surface area contributed by atoms with Gasteiger partial charge in [0.15, 0.2) is 0 Å².